The van der Waals surface area contributed by atoms with Gasteiger partial charge in [-0.1, -0.05) is 6.07 Å². The standard InChI is InChI=1S/C12H15N5O2.ClH/c13-9-4-6-15(7-9)11(18)8-17-12(19)16-5-2-1-3-10(16)14-17;/h1-3,5,9H,4,6-8,13H2;1H/t9-;/m1./s1. The Morgan fingerprint density at radius 3 is 2.90 bits per heavy atom. The van der Waals surface area contributed by atoms with Gasteiger partial charge >= 0.3 is 5.69 Å². The van der Waals surface area contributed by atoms with Gasteiger partial charge in [0.1, 0.15) is 6.54 Å². The summed E-state index contributed by atoms with van der Waals surface area (Å²) in [5.74, 6) is -0.113. The summed E-state index contributed by atoms with van der Waals surface area (Å²) in [6, 6.07) is 5.32. The first-order valence-corrected chi connectivity index (χ1v) is 6.23. The van der Waals surface area contributed by atoms with E-state index < -0.39 is 0 Å². The van der Waals surface area contributed by atoms with Crippen LogP contribution in [0.4, 0.5) is 0 Å². The fourth-order valence-electron chi connectivity index (χ4n) is 2.31. The molecule has 108 valence electrons. The Morgan fingerprint density at radius 2 is 2.25 bits per heavy atom. The number of aromatic nitrogens is 3. The van der Waals surface area contributed by atoms with Gasteiger partial charge in [-0.2, -0.15) is 0 Å². The maximum Gasteiger partial charge on any atom is 0.350 e. The van der Waals surface area contributed by atoms with E-state index in [2.05, 4.69) is 5.10 Å². The second kappa shape index (κ2) is 5.64. The van der Waals surface area contributed by atoms with Crippen LogP contribution >= 0.6 is 12.4 Å². The minimum atomic E-state index is -0.299. The highest BCUT2D eigenvalue weighted by molar-refractivity contribution is 5.85. The summed E-state index contributed by atoms with van der Waals surface area (Å²) in [6.45, 7) is 1.18. The van der Waals surface area contributed by atoms with Crippen molar-refractivity contribution >= 4 is 24.0 Å². The average molecular weight is 298 g/mol. The molecular weight excluding hydrogens is 282 g/mol. The molecule has 0 bridgehead atoms. The van der Waals surface area contributed by atoms with Crippen LogP contribution in [0.1, 0.15) is 6.42 Å². The van der Waals surface area contributed by atoms with Crippen molar-refractivity contribution < 1.29 is 4.79 Å². The topological polar surface area (TPSA) is 85.6 Å². The van der Waals surface area contributed by atoms with Gasteiger partial charge in [0.25, 0.3) is 0 Å². The van der Waals surface area contributed by atoms with Crippen LogP contribution < -0.4 is 11.4 Å². The van der Waals surface area contributed by atoms with Gasteiger partial charge in [-0.3, -0.25) is 9.20 Å². The third kappa shape index (κ3) is 2.54. The lowest BCUT2D eigenvalue weighted by Crippen LogP contribution is -2.36. The van der Waals surface area contributed by atoms with Crippen molar-refractivity contribution in [2.45, 2.75) is 19.0 Å². The van der Waals surface area contributed by atoms with E-state index in [9.17, 15) is 9.59 Å². The molecule has 8 heteroatoms. The van der Waals surface area contributed by atoms with Crippen molar-refractivity contribution in [3.05, 3.63) is 34.9 Å². The van der Waals surface area contributed by atoms with E-state index in [4.69, 9.17) is 5.73 Å². The zero-order valence-electron chi connectivity index (χ0n) is 10.8. The molecule has 1 fully saturated rings. The van der Waals surface area contributed by atoms with Crippen molar-refractivity contribution in [3.8, 4) is 0 Å². The Hall–Kier alpha value is -1.86. The van der Waals surface area contributed by atoms with E-state index in [0.717, 1.165) is 6.42 Å². The van der Waals surface area contributed by atoms with Crippen LogP contribution in [0.5, 0.6) is 0 Å². The van der Waals surface area contributed by atoms with Crippen LogP contribution in [0.15, 0.2) is 29.2 Å². The lowest BCUT2D eigenvalue weighted by atomic mass is 10.3. The summed E-state index contributed by atoms with van der Waals surface area (Å²) in [4.78, 5) is 25.7. The van der Waals surface area contributed by atoms with Crippen LogP contribution in [0.2, 0.25) is 0 Å². The molecule has 20 heavy (non-hydrogen) atoms. The van der Waals surface area contributed by atoms with Crippen molar-refractivity contribution in [2.75, 3.05) is 13.1 Å². The van der Waals surface area contributed by atoms with Crippen LogP contribution in [-0.4, -0.2) is 44.1 Å². The molecule has 3 rings (SSSR count). The monoisotopic (exact) mass is 297 g/mol. The van der Waals surface area contributed by atoms with E-state index in [1.165, 1.54) is 9.08 Å². The number of hydrogen-bond donors (Lipinski definition) is 1. The molecule has 1 aliphatic heterocycles. The van der Waals surface area contributed by atoms with E-state index in [-0.39, 0.29) is 36.6 Å². The van der Waals surface area contributed by atoms with Crippen LogP contribution in [0.25, 0.3) is 5.65 Å². The molecule has 0 unspecified atom stereocenters. The maximum absolute atomic E-state index is 12.1. The van der Waals surface area contributed by atoms with Gasteiger partial charge in [0.05, 0.1) is 0 Å². The van der Waals surface area contributed by atoms with Crippen LogP contribution in [0, 0.1) is 0 Å². The smallest absolute Gasteiger partial charge is 0.339 e. The minimum absolute atomic E-state index is 0. The molecule has 0 aliphatic carbocycles. The summed E-state index contributed by atoms with van der Waals surface area (Å²) in [5.41, 5.74) is 6.01. The lowest BCUT2D eigenvalue weighted by Gasteiger charge is -2.14. The molecule has 7 nitrogen and oxygen atoms in total. The average Bonchev–Trinajstić information content (AvgIpc) is 2.96. The first kappa shape index (κ1) is 14.5. The molecule has 2 aromatic rings. The molecule has 0 aromatic carbocycles. The number of carbonyl (C=O) groups excluding carboxylic acids is 1. The number of nitrogens with two attached hydrogens (primary N) is 1. The Bertz CT molecular complexity index is 680. The van der Waals surface area contributed by atoms with Crippen LogP contribution in [0.3, 0.4) is 0 Å². The predicted molar refractivity (Wildman–Crippen MR) is 75.9 cm³/mol. The summed E-state index contributed by atoms with van der Waals surface area (Å²) in [7, 11) is 0. The van der Waals surface area contributed by atoms with E-state index in [1.807, 2.05) is 0 Å². The summed E-state index contributed by atoms with van der Waals surface area (Å²) < 4.78 is 2.62. The number of amides is 1. The highest BCUT2D eigenvalue weighted by Gasteiger charge is 2.24. The third-order valence-corrected chi connectivity index (χ3v) is 3.35. The summed E-state index contributed by atoms with van der Waals surface area (Å²) in [6.07, 6.45) is 2.45. The largest absolute Gasteiger partial charge is 0.350 e. The Labute approximate surface area is 121 Å². The maximum atomic E-state index is 12.1. The molecule has 1 aliphatic rings. The Morgan fingerprint density at radius 1 is 1.45 bits per heavy atom. The van der Waals surface area contributed by atoms with E-state index in [1.54, 1.807) is 29.3 Å². The predicted octanol–water partition coefficient (Wildman–Crippen LogP) is -0.523. The highest BCUT2D eigenvalue weighted by atomic mass is 35.5. The SMILES string of the molecule is Cl.N[C@@H]1CCN(C(=O)Cn2nc3ccccn3c2=O)C1. The van der Waals surface area contributed by atoms with Gasteiger partial charge in [0.2, 0.25) is 5.91 Å². The van der Waals surface area contributed by atoms with Gasteiger partial charge in [0.15, 0.2) is 5.65 Å². The molecule has 0 spiro atoms. The molecule has 1 saturated heterocycles. The van der Waals surface area contributed by atoms with Gasteiger partial charge in [-0.05, 0) is 18.6 Å². The number of likely N-dealkylation sites (tertiary alicyclic amines) is 1. The highest BCUT2D eigenvalue weighted by Crippen LogP contribution is 2.07. The van der Waals surface area contributed by atoms with Crippen molar-refractivity contribution in [1.82, 2.24) is 19.1 Å². The zero-order valence-corrected chi connectivity index (χ0v) is 11.6. The Balaban J connectivity index is 0.00000147. The second-order valence-corrected chi connectivity index (χ2v) is 4.76. The number of pyridine rings is 1. The fourth-order valence-corrected chi connectivity index (χ4v) is 2.31. The van der Waals surface area contributed by atoms with Crippen molar-refractivity contribution in [3.63, 3.8) is 0 Å². The van der Waals surface area contributed by atoms with E-state index in [0.29, 0.717) is 18.7 Å². The number of rotatable bonds is 2. The number of halogens is 1. The number of fused-ring (bicyclic) bond motifs is 1. The fraction of sp³-hybridized carbons (Fsp3) is 0.417. The number of carbonyl (C=O) groups is 1. The van der Waals surface area contributed by atoms with Gasteiger partial charge in [0, 0.05) is 25.3 Å². The molecule has 0 saturated carbocycles. The van der Waals surface area contributed by atoms with Crippen molar-refractivity contribution in [2.24, 2.45) is 5.73 Å². The quantitative estimate of drug-likeness (QED) is 0.808. The normalized spacial score (nSPS) is 18.2. The van der Waals surface area contributed by atoms with Gasteiger partial charge in [-0.25, -0.2) is 9.48 Å². The molecular formula is C12H16ClN5O2. The first-order valence-electron chi connectivity index (χ1n) is 6.23. The summed E-state index contributed by atoms with van der Waals surface area (Å²) >= 11 is 0. The van der Waals surface area contributed by atoms with Crippen molar-refractivity contribution in [1.29, 1.82) is 0 Å². The minimum Gasteiger partial charge on any atom is -0.339 e. The number of hydrogen-bond acceptors (Lipinski definition) is 4. The molecule has 2 aromatic heterocycles. The zero-order chi connectivity index (χ0) is 13.4. The molecule has 1 amide bonds. The van der Waals surface area contributed by atoms with E-state index >= 15 is 0 Å². The first-order chi connectivity index (χ1) is 9.15. The second-order valence-electron chi connectivity index (χ2n) is 4.76. The molecule has 0 radical (unpaired) electrons. The van der Waals surface area contributed by atoms with Gasteiger partial charge < -0.3 is 10.6 Å². The molecule has 2 N–H and O–H groups in total. The van der Waals surface area contributed by atoms with Gasteiger partial charge in [-0.15, -0.1) is 17.5 Å². The number of nitrogens with zero attached hydrogens (tertiary/aromatic N) is 4. The summed E-state index contributed by atoms with van der Waals surface area (Å²) in [5, 5.41) is 4.13. The molecule has 1 atom stereocenters. The van der Waals surface area contributed by atoms with Crippen LogP contribution in [-0.2, 0) is 11.3 Å². The third-order valence-electron chi connectivity index (χ3n) is 3.35. The lowest BCUT2D eigenvalue weighted by molar-refractivity contribution is -0.131. The Kier molecular flexibility index (Phi) is 4.10. The molecule has 3 heterocycles.